The van der Waals surface area contributed by atoms with E-state index in [0.717, 1.165) is 28.9 Å². The number of carbonyl (C=O) groups is 2. The number of ether oxygens (including phenoxy) is 2. The summed E-state index contributed by atoms with van der Waals surface area (Å²) in [6.07, 6.45) is 0.809. The summed E-state index contributed by atoms with van der Waals surface area (Å²) in [5, 5.41) is 2.07. The first kappa shape index (κ1) is 24.9. The standard InChI is InChI=1S/C28H32N2O4S/c1-20-8-10-22(11-9-20)28(32)29(15-16-33-3)18-27(31)30-14-12-26-23(13-17-35-26)24(30)19-34-25-7-5-4-6-21(25)2/h4-11,13,17,24H,12,14-16,18-19H2,1-3H3. The van der Waals surface area contributed by atoms with E-state index in [1.807, 2.05) is 55.1 Å². The molecule has 3 aromatic rings. The van der Waals surface area contributed by atoms with Gasteiger partial charge >= 0.3 is 0 Å². The van der Waals surface area contributed by atoms with Crippen molar-refractivity contribution in [3.8, 4) is 5.75 Å². The van der Waals surface area contributed by atoms with E-state index in [4.69, 9.17) is 9.47 Å². The first-order valence-corrected chi connectivity index (χ1v) is 12.7. The Morgan fingerprint density at radius 1 is 1.09 bits per heavy atom. The van der Waals surface area contributed by atoms with Crippen molar-refractivity contribution in [1.82, 2.24) is 9.80 Å². The van der Waals surface area contributed by atoms with Crippen molar-refractivity contribution in [3.63, 3.8) is 0 Å². The van der Waals surface area contributed by atoms with Crippen LogP contribution in [0.4, 0.5) is 0 Å². The molecule has 4 rings (SSSR count). The SMILES string of the molecule is COCCN(CC(=O)N1CCc2sccc2C1COc1ccccc1C)C(=O)c1ccc(C)cc1. The Labute approximate surface area is 211 Å². The van der Waals surface area contributed by atoms with Crippen LogP contribution in [0, 0.1) is 13.8 Å². The molecule has 1 unspecified atom stereocenters. The van der Waals surface area contributed by atoms with Crippen LogP contribution in [-0.4, -0.2) is 61.6 Å². The maximum atomic E-state index is 13.6. The molecule has 2 heterocycles. The maximum absolute atomic E-state index is 13.6. The van der Waals surface area contributed by atoms with E-state index in [2.05, 4.69) is 11.4 Å². The van der Waals surface area contributed by atoms with Crippen molar-refractivity contribution in [2.75, 3.05) is 40.0 Å². The number of para-hydroxylation sites is 1. The molecule has 1 aliphatic rings. The van der Waals surface area contributed by atoms with Crippen LogP contribution in [0.25, 0.3) is 0 Å². The number of benzene rings is 2. The first-order chi connectivity index (χ1) is 17.0. The molecule has 0 bridgehead atoms. The summed E-state index contributed by atoms with van der Waals surface area (Å²) < 4.78 is 11.4. The van der Waals surface area contributed by atoms with Crippen molar-refractivity contribution in [2.45, 2.75) is 26.3 Å². The molecule has 35 heavy (non-hydrogen) atoms. The van der Waals surface area contributed by atoms with Crippen LogP contribution < -0.4 is 4.74 Å². The first-order valence-electron chi connectivity index (χ1n) is 11.9. The molecule has 6 nitrogen and oxygen atoms in total. The molecule has 0 spiro atoms. The predicted octanol–water partition coefficient (Wildman–Crippen LogP) is 4.66. The summed E-state index contributed by atoms with van der Waals surface area (Å²) in [5.41, 5.74) is 3.84. The molecule has 1 atom stereocenters. The van der Waals surface area contributed by atoms with Crippen LogP contribution in [0.1, 0.15) is 38.0 Å². The number of hydrogen-bond acceptors (Lipinski definition) is 5. The van der Waals surface area contributed by atoms with E-state index in [-0.39, 0.29) is 24.4 Å². The number of fused-ring (bicyclic) bond motifs is 1. The van der Waals surface area contributed by atoms with E-state index in [1.54, 1.807) is 35.5 Å². The number of thiophene rings is 1. The van der Waals surface area contributed by atoms with Gasteiger partial charge in [0.05, 0.1) is 12.6 Å². The minimum atomic E-state index is -0.198. The second-order valence-electron chi connectivity index (χ2n) is 8.81. The Morgan fingerprint density at radius 2 is 1.86 bits per heavy atom. The van der Waals surface area contributed by atoms with Gasteiger partial charge in [0, 0.05) is 30.6 Å². The quantitative estimate of drug-likeness (QED) is 0.436. The highest BCUT2D eigenvalue weighted by atomic mass is 32.1. The molecule has 2 aromatic carbocycles. The smallest absolute Gasteiger partial charge is 0.254 e. The third kappa shape index (κ3) is 5.92. The van der Waals surface area contributed by atoms with Gasteiger partial charge in [-0.1, -0.05) is 35.9 Å². The van der Waals surface area contributed by atoms with Gasteiger partial charge in [0.15, 0.2) is 0 Å². The Hall–Kier alpha value is -3.16. The van der Waals surface area contributed by atoms with Gasteiger partial charge in [-0.3, -0.25) is 9.59 Å². The Morgan fingerprint density at radius 3 is 2.60 bits per heavy atom. The molecule has 0 N–H and O–H groups in total. The molecule has 0 saturated carbocycles. The molecular formula is C28H32N2O4S. The Kier molecular flexibility index (Phi) is 8.21. The average molecular weight is 493 g/mol. The number of nitrogens with zero attached hydrogens (tertiary/aromatic N) is 2. The van der Waals surface area contributed by atoms with E-state index in [1.165, 1.54) is 4.88 Å². The fraction of sp³-hybridized carbons (Fsp3) is 0.357. The summed E-state index contributed by atoms with van der Waals surface area (Å²) in [7, 11) is 1.60. The lowest BCUT2D eigenvalue weighted by atomic mass is 10.00. The summed E-state index contributed by atoms with van der Waals surface area (Å²) in [5.74, 6) is 0.562. The van der Waals surface area contributed by atoms with Crippen molar-refractivity contribution in [3.05, 3.63) is 87.1 Å². The maximum Gasteiger partial charge on any atom is 0.254 e. The number of methoxy groups -OCH3 is 1. The van der Waals surface area contributed by atoms with Gasteiger partial charge in [-0.25, -0.2) is 0 Å². The van der Waals surface area contributed by atoms with Crippen molar-refractivity contribution in [2.24, 2.45) is 0 Å². The number of aryl methyl sites for hydroxylation is 2. The van der Waals surface area contributed by atoms with Gasteiger partial charge in [-0.05, 0) is 61.0 Å². The second-order valence-corrected chi connectivity index (χ2v) is 9.81. The fourth-order valence-corrected chi connectivity index (χ4v) is 5.28. The fourth-order valence-electron chi connectivity index (χ4n) is 4.35. The number of amides is 2. The minimum absolute atomic E-state index is 0.00357. The van der Waals surface area contributed by atoms with E-state index in [9.17, 15) is 9.59 Å². The largest absolute Gasteiger partial charge is 0.491 e. The Bertz CT molecular complexity index is 1160. The highest BCUT2D eigenvalue weighted by Gasteiger charge is 2.33. The van der Waals surface area contributed by atoms with Gasteiger partial charge in [0.25, 0.3) is 5.91 Å². The normalized spacial score (nSPS) is 14.9. The third-order valence-electron chi connectivity index (χ3n) is 6.38. The van der Waals surface area contributed by atoms with Gasteiger partial charge < -0.3 is 19.3 Å². The summed E-state index contributed by atoms with van der Waals surface area (Å²) in [6.45, 7) is 5.66. The number of rotatable bonds is 9. The summed E-state index contributed by atoms with van der Waals surface area (Å²) >= 11 is 1.72. The van der Waals surface area contributed by atoms with E-state index in [0.29, 0.717) is 31.9 Å². The summed E-state index contributed by atoms with van der Waals surface area (Å²) in [4.78, 5) is 31.6. The molecule has 1 aromatic heterocycles. The second kappa shape index (κ2) is 11.5. The van der Waals surface area contributed by atoms with Gasteiger partial charge in [-0.2, -0.15) is 0 Å². The molecule has 0 saturated heterocycles. The zero-order valence-electron chi connectivity index (χ0n) is 20.5. The predicted molar refractivity (Wildman–Crippen MR) is 138 cm³/mol. The molecule has 7 heteroatoms. The highest BCUT2D eigenvalue weighted by molar-refractivity contribution is 7.10. The van der Waals surface area contributed by atoms with E-state index < -0.39 is 0 Å². The molecule has 0 fully saturated rings. The van der Waals surface area contributed by atoms with Crippen LogP contribution in [0.2, 0.25) is 0 Å². The van der Waals surface area contributed by atoms with Gasteiger partial charge in [0.2, 0.25) is 5.91 Å². The summed E-state index contributed by atoms with van der Waals surface area (Å²) in [6, 6.07) is 17.2. The third-order valence-corrected chi connectivity index (χ3v) is 7.38. The lowest BCUT2D eigenvalue weighted by molar-refractivity contribution is -0.135. The molecule has 2 amide bonds. The zero-order chi connectivity index (χ0) is 24.8. The molecular weight excluding hydrogens is 460 g/mol. The molecule has 0 radical (unpaired) electrons. The lowest BCUT2D eigenvalue weighted by Gasteiger charge is -2.37. The highest BCUT2D eigenvalue weighted by Crippen LogP contribution is 2.34. The topological polar surface area (TPSA) is 59.1 Å². The monoisotopic (exact) mass is 492 g/mol. The van der Waals surface area contributed by atoms with Gasteiger partial charge in [0.1, 0.15) is 18.9 Å². The van der Waals surface area contributed by atoms with Crippen molar-refractivity contribution in [1.29, 1.82) is 0 Å². The van der Waals surface area contributed by atoms with Crippen molar-refractivity contribution >= 4 is 23.2 Å². The van der Waals surface area contributed by atoms with Crippen molar-refractivity contribution < 1.29 is 19.1 Å². The van der Waals surface area contributed by atoms with Crippen LogP contribution in [0.15, 0.2) is 60.0 Å². The minimum Gasteiger partial charge on any atom is -0.491 e. The van der Waals surface area contributed by atoms with E-state index >= 15 is 0 Å². The zero-order valence-corrected chi connectivity index (χ0v) is 21.3. The average Bonchev–Trinajstić information content (AvgIpc) is 3.35. The Balaban J connectivity index is 1.53. The van der Waals surface area contributed by atoms with Crippen LogP contribution >= 0.6 is 11.3 Å². The lowest BCUT2D eigenvalue weighted by Crippen LogP contribution is -2.48. The van der Waals surface area contributed by atoms with Crippen LogP contribution in [0.3, 0.4) is 0 Å². The van der Waals surface area contributed by atoms with Gasteiger partial charge in [-0.15, -0.1) is 11.3 Å². The molecule has 0 aliphatic carbocycles. The van der Waals surface area contributed by atoms with Crippen LogP contribution in [0.5, 0.6) is 5.75 Å². The molecule has 1 aliphatic heterocycles. The molecule has 184 valence electrons. The number of hydrogen-bond donors (Lipinski definition) is 0. The number of carbonyl (C=O) groups excluding carboxylic acids is 2. The van der Waals surface area contributed by atoms with Crippen LogP contribution in [-0.2, 0) is 16.0 Å².